The van der Waals surface area contributed by atoms with Crippen molar-refractivity contribution >= 4 is 11.5 Å². The molecular formula is C12H16N4O. The van der Waals surface area contributed by atoms with E-state index in [2.05, 4.69) is 21.7 Å². The molecule has 5 nitrogen and oxygen atoms in total. The largest absolute Gasteiger partial charge is 0.378 e. The van der Waals surface area contributed by atoms with Gasteiger partial charge in [-0.05, 0) is 12.1 Å². The summed E-state index contributed by atoms with van der Waals surface area (Å²) in [6.45, 7) is 1.82. The fourth-order valence-electron chi connectivity index (χ4n) is 2.30. The Bertz CT molecular complexity index is 510. The summed E-state index contributed by atoms with van der Waals surface area (Å²) >= 11 is 0. The normalized spacial score (nSPS) is 24.3. The van der Waals surface area contributed by atoms with Crippen molar-refractivity contribution < 1.29 is 4.74 Å². The minimum atomic E-state index is 0.216. The van der Waals surface area contributed by atoms with Gasteiger partial charge in [0.05, 0.1) is 12.1 Å². The van der Waals surface area contributed by atoms with Crippen LogP contribution in [0, 0.1) is 0 Å². The average molecular weight is 232 g/mol. The molecular weight excluding hydrogens is 216 g/mol. The Morgan fingerprint density at radius 2 is 2.41 bits per heavy atom. The van der Waals surface area contributed by atoms with E-state index in [1.165, 1.54) is 0 Å². The summed E-state index contributed by atoms with van der Waals surface area (Å²) < 4.78 is 7.49. The number of anilines is 1. The molecule has 3 rings (SSSR count). The number of pyridine rings is 1. The van der Waals surface area contributed by atoms with E-state index in [4.69, 9.17) is 4.74 Å². The zero-order chi connectivity index (χ0) is 11.7. The molecule has 2 atom stereocenters. The monoisotopic (exact) mass is 232 g/mol. The number of imidazole rings is 1. The first kappa shape index (κ1) is 10.6. The Balaban J connectivity index is 1.87. The van der Waals surface area contributed by atoms with Gasteiger partial charge >= 0.3 is 0 Å². The maximum absolute atomic E-state index is 5.44. The van der Waals surface area contributed by atoms with E-state index in [0.29, 0.717) is 6.04 Å². The van der Waals surface area contributed by atoms with E-state index in [1.807, 2.05) is 22.7 Å². The van der Waals surface area contributed by atoms with Gasteiger partial charge in [-0.1, -0.05) is 6.07 Å². The van der Waals surface area contributed by atoms with Gasteiger partial charge in [0.1, 0.15) is 11.5 Å². The topological polar surface area (TPSA) is 50.6 Å². The van der Waals surface area contributed by atoms with Crippen molar-refractivity contribution in [3.63, 3.8) is 0 Å². The molecule has 0 aliphatic carbocycles. The number of rotatable bonds is 3. The third-order valence-corrected chi connectivity index (χ3v) is 3.22. The molecule has 0 spiro atoms. The molecule has 0 amide bonds. The number of hydrogen-bond donors (Lipinski definition) is 2. The van der Waals surface area contributed by atoms with E-state index >= 15 is 0 Å². The van der Waals surface area contributed by atoms with Crippen molar-refractivity contribution in [1.29, 1.82) is 0 Å². The van der Waals surface area contributed by atoms with Crippen molar-refractivity contribution in [2.75, 3.05) is 25.5 Å². The predicted molar refractivity (Wildman–Crippen MR) is 66.3 cm³/mol. The lowest BCUT2D eigenvalue weighted by Gasteiger charge is -2.20. The Morgan fingerprint density at radius 3 is 3.29 bits per heavy atom. The number of nitrogens with zero attached hydrogens (tertiary/aromatic N) is 2. The lowest BCUT2D eigenvalue weighted by molar-refractivity contribution is 0.111. The maximum atomic E-state index is 5.44. The highest BCUT2D eigenvalue weighted by Gasteiger charge is 2.26. The zero-order valence-electron chi connectivity index (χ0n) is 9.76. The van der Waals surface area contributed by atoms with Crippen LogP contribution in [0.4, 0.5) is 5.82 Å². The summed E-state index contributed by atoms with van der Waals surface area (Å²) in [5.41, 5.74) is 0.954. The molecule has 2 N–H and O–H groups in total. The summed E-state index contributed by atoms with van der Waals surface area (Å²) in [4.78, 5) is 4.27. The Hall–Kier alpha value is -1.59. The fraction of sp³-hybridized carbons (Fsp3) is 0.417. The van der Waals surface area contributed by atoms with Gasteiger partial charge in [-0.2, -0.15) is 0 Å². The highest BCUT2D eigenvalue weighted by molar-refractivity contribution is 5.50. The second-order valence-electron chi connectivity index (χ2n) is 4.25. The molecule has 0 bridgehead atoms. The van der Waals surface area contributed by atoms with Gasteiger partial charge in [0, 0.05) is 32.6 Å². The van der Waals surface area contributed by atoms with Crippen molar-refractivity contribution in [3.8, 4) is 0 Å². The molecule has 0 saturated carbocycles. The standard InChI is InChI=1S/C12H16N4O/c1-17-10-8-13-7-9(10)15-12-4-2-3-11-14-5-6-16(11)12/h2-6,9-10,13,15H,7-8H2,1H3/t9?,10-/m0/s1. The minimum Gasteiger partial charge on any atom is -0.378 e. The van der Waals surface area contributed by atoms with Crippen molar-refractivity contribution in [2.45, 2.75) is 12.1 Å². The molecule has 2 aromatic rings. The molecule has 5 heteroatoms. The average Bonchev–Trinajstić information content (AvgIpc) is 2.97. The smallest absolute Gasteiger partial charge is 0.138 e. The van der Waals surface area contributed by atoms with Crippen LogP contribution in [0.2, 0.25) is 0 Å². The lowest BCUT2D eigenvalue weighted by atomic mass is 10.2. The summed E-state index contributed by atoms with van der Waals surface area (Å²) in [5.74, 6) is 1.05. The molecule has 0 aromatic carbocycles. The van der Waals surface area contributed by atoms with Gasteiger partial charge in [0.2, 0.25) is 0 Å². The molecule has 3 heterocycles. The second kappa shape index (κ2) is 4.35. The van der Waals surface area contributed by atoms with Crippen LogP contribution in [0.15, 0.2) is 30.6 Å². The van der Waals surface area contributed by atoms with Crippen LogP contribution in [-0.2, 0) is 4.74 Å². The SMILES string of the molecule is CO[C@H]1CNCC1Nc1cccc2nccn12. The van der Waals surface area contributed by atoms with Crippen LogP contribution in [0.1, 0.15) is 0 Å². The van der Waals surface area contributed by atoms with Gasteiger partial charge in [-0.15, -0.1) is 0 Å². The van der Waals surface area contributed by atoms with E-state index in [0.717, 1.165) is 24.6 Å². The first-order chi connectivity index (χ1) is 8.38. The van der Waals surface area contributed by atoms with Gasteiger partial charge < -0.3 is 15.4 Å². The second-order valence-corrected chi connectivity index (χ2v) is 4.25. The molecule has 90 valence electrons. The van der Waals surface area contributed by atoms with Gasteiger partial charge in [-0.3, -0.25) is 4.40 Å². The first-order valence-electron chi connectivity index (χ1n) is 5.80. The first-order valence-corrected chi connectivity index (χ1v) is 5.80. The van der Waals surface area contributed by atoms with Crippen LogP contribution in [-0.4, -0.2) is 41.7 Å². The summed E-state index contributed by atoms with van der Waals surface area (Å²) in [5, 5.41) is 6.83. The molecule has 17 heavy (non-hydrogen) atoms. The van der Waals surface area contributed by atoms with E-state index < -0.39 is 0 Å². The van der Waals surface area contributed by atoms with Crippen LogP contribution in [0.3, 0.4) is 0 Å². The van der Waals surface area contributed by atoms with Crippen LogP contribution in [0.5, 0.6) is 0 Å². The lowest BCUT2D eigenvalue weighted by Crippen LogP contribution is -2.34. The van der Waals surface area contributed by atoms with Crippen molar-refractivity contribution in [1.82, 2.24) is 14.7 Å². The number of fused-ring (bicyclic) bond motifs is 1. The Morgan fingerprint density at radius 1 is 1.47 bits per heavy atom. The summed E-state index contributed by atoms with van der Waals surface area (Å²) in [7, 11) is 1.75. The molecule has 1 saturated heterocycles. The Kier molecular flexibility index (Phi) is 2.70. The van der Waals surface area contributed by atoms with Crippen LogP contribution < -0.4 is 10.6 Å². The number of aromatic nitrogens is 2. The zero-order valence-corrected chi connectivity index (χ0v) is 9.76. The molecule has 1 aliphatic heterocycles. The summed E-state index contributed by atoms with van der Waals surface area (Å²) in [6.07, 6.45) is 3.98. The highest BCUT2D eigenvalue weighted by Crippen LogP contribution is 2.15. The van der Waals surface area contributed by atoms with Crippen LogP contribution >= 0.6 is 0 Å². The number of hydrogen-bond acceptors (Lipinski definition) is 4. The predicted octanol–water partition coefficient (Wildman–Crippen LogP) is 0.733. The molecule has 0 radical (unpaired) electrons. The van der Waals surface area contributed by atoms with E-state index in [-0.39, 0.29) is 6.10 Å². The number of nitrogens with one attached hydrogen (secondary N) is 2. The van der Waals surface area contributed by atoms with Gasteiger partial charge in [0.25, 0.3) is 0 Å². The maximum Gasteiger partial charge on any atom is 0.138 e. The fourth-order valence-corrected chi connectivity index (χ4v) is 2.30. The number of ether oxygens (including phenoxy) is 1. The highest BCUT2D eigenvalue weighted by atomic mass is 16.5. The molecule has 1 unspecified atom stereocenters. The van der Waals surface area contributed by atoms with Crippen molar-refractivity contribution in [2.24, 2.45) is 0 Å². The Labute approximate surface area is 99.8 Å². The third-order valence-electron chi connectivity index (χ3n) is 3.22. The molecule has 1 aliphatic rings. The van der Waals surface area contributed by atoms with Gasteiger partial charge in [-0.25, -0.2) is 4.98 Å². The van der Waals surface area contributed by atoms with Crippen molar-refractivity contribution in [3.05, 3.63) is 30.6 Å². The minimum absolute atomic E-state index is 0.216. The quantitative estimate of drug-likeness (QED) is 0.819. The van der Waals surface area contributed by atoms with E-state index in [1.54, 1.807) is 13.3 Å². The molecule has 1 fully saturated rings. The van der Waals surface area contributed by atoms with E-state index in [9.17, 15) is 0 Å². The number of methoxy groups -OCH3 is 1. The third kappa shape index (κ3) is 1.87. The summed E-state index contributed by atoms with van der Waals surface area (Å²) in [6, 6.07) is 6.36. The van der Waals surface area contributed by atoms with Gasteiger partial charge in [0.15, 0.2) is 0 Å². The van der Waals surface area contributed by atoms with Crippen LogP contribution in [0.25, 0.3) is 5.65 Å². The molecule has 2 aromatic heterocycles.